The highest BCUT2D eigenvalue weighted by molar-refractivity contribution is 8.18. The molecule has 1 aliphatic rings. The molecule has 6 nitrogen and oxygen atoms in total. The Bertz CT molecular complexity index is 1260. The summed E-state index contributed by atoms with van der Waals surface area (Å²) < 4.78 is 3.10. The summed E-state index contributed by atoms with van der Waals surface area (Å²) in [6.45, 7) is 0.00668. The van der Waals surface area contributed by atoms with Crippen LogP contribution in [0.25, 0.3) is 17.1 Å². The number of carbonyl (C=O) groups excluding carboxylic acids is 2. The van der Waals surface area contributed by atoms with E-state index < -0.39 is 5.91 Å². The van der Waals surface area contributed by atoms with Crippen molar-refractivity contribution in [2.24, 2.45) is 14.1 Å². The van der Waals surface area contributed by atoms with Crippen molar-refractivity contribution in [1.82, 2.24) is 14.0 Å². The molecule has 148 valence electrons. The Morgan fingerprint density at radius 1 is 0.966 bits per heavy atom. The van der Waals surface area contributed by atoms with Crippen LogP contribution in [0.1, 0.15) is 11.1 Å². The number of hydrogen-bond acceptors (Lipinski definition) is 4. The van der Waals surface area contributed by atoms with E-state index >= 15 is 0 Å². The molecule has 0 bridgehead atoms. The van der Waals surface area contributed by atoms with Crippen molar-refractivity contribution in [2.75, 3.05) is 0 Å². The van der Waals surface area contributed by atoms with Crippen molar-refractivity contribution in [3.05, 3.63) is 73.0 Å². The lowest BCUT2D eigenvalue weighted by Crippen LogP contribution is -2.27. The molecule has 0 spiro atoms. The van der Waals surface area contributed by atoms with Crippen LogP contribution in [0.5, 0.6) is 0 Å². The number of benzene rings is 2. The van der Waals surface area contributed by atoms with Gasteiger partial charge in [-0.3, -0.25) is 23.6 Å². The number of rotatable bonds is 3. The fourth-order valence-corrected chi connectivity index (χ4v) is 4.60. The highest BCUT2D eigenvalue weighted by atomic mass is 35.5. The number of imidazole rings is 1. The van der Waals surface area contributed by atoms with Gasteiger partial charge in [0.25, 0.3) is 11.1 Å². The molecule has 0 atom stereocenters. The van der Waals surface area contributed by atoms with Crippen LogP contribution in [0, 0.1) is 0 Å². The third-order valence-corrected chi connectivity index (χ3v) is 6.46. The third kappa shape index (κ3) is 3.39. The first-order chi connectivity index (χ1) is 13.8. The molecule has 0 saturated carbocycles. The van der Waals surface area contributed by atoms with Crippen molar-refractivity contribution >= 4 is 63.2 Å². The first-order valence-electron chi connectivity index (χ1n) is 8.61. The number of aryl methyl sites for hydroxylation is 2. The van der Waals surface area contributed by atoms with Crippen LogP contribution in [-0.4, -0.2) is 25.2 Å². The van der Waals surface area contributed by atoms with Gasteiger partial charge in [0.2, 0.25) is 0 Å². The van der Waals surface area contributed by atoms with Gasteiger partial charge >= 0.3 is 5.69 Å². The van der Waals surface area contributed by atoms with Crippen molar-refractivity contribution in [3.8, 4) is 0 Å². The summed E-state index contributed by atoms with van der Waals surface area (Å²) in [5.41, 5.74) is 2.65. The van der Waals surface area contributed by atoms with E-state index in [1.54, 1.807) is 49.0 Å². The Labute approximate surface area is 180 Å². The molecular formula is C20H15Cl2N3O3S. The van der Waals surface area contributed by atoms with Gasteiger partial charge in [-0.1, -0.05) is 35.3 Å². The van der Waals surface area contributed by atoms with Gasteiger partial charge in [-0.05, 0) is 47.7 Å². The lowest BCUT2D eigenvalue weighted by atomic mass is 10.1. The van der Waals surface area contributed by atoms with Crippen molar-refractivity contribution in [3.63, 3.8) is 0 Å². The van der Waals surface area contributed by atoms with Gasteiger partial charge in [-0.25, -0.2) is 4.79 Å². The lowest BCUT2D eigenvalue weighted by Gasteiger charge is -2.14. The molecule has 0 N–H and O–H groups in total. The normalized spacial score (nSPS) is 15.9. The fraction of sp³-hybridized carbons (Fsp3) is 0.150. The topological polar surface area (TPSA) is 64.3 Å². The third-order valence-electron chi connectivity index (χ3n) is 4.85. The van der Waals surface area contributed by atoms with Crippen LogP contribution >= 0.6 is 35.0 Å². The van der Waals surface area contributed by atoms with E-state index in [9.17, 15) is 14.4 Å². The number of halogens is 2. The average Bonchev–Trinajstić information content (AvgIpc) is 3.07. The first kappa shape index (κ1) is 19.8. The fourth-order valence-electron chi connectivity index (χ4n) is 3.24. The van der Waals surface area contributed by atoms with E-state index in [0.717, 1.165) is 33.3 Å². The van der Waals surface area contributed by atoms with Gasteiger partial charge in [0, 0.05) is 29.7 Å². The predicted molar refractivity (Wildman–Crippen MR) is 116 cm³/mol. The lowest BCUT2D eigenvalue weighted by molar-refractivity contribution is -0.123. The predicted octanol–water partition coefficient (Wildman–Crippen LogP) is 4.42. The molecule has 1 saturated heterocycles. The van der Waals surface area contributed by atoms with Gasteiger partial charge in [-0.2, -0.15) is 0 Å². The van der Waals surface area contributed by atoms with Crippen LogP contribution in [-0.2, 0) is 25.4 Å². The highest BCUT2D eigenvalue weighted by Gasteiger charge is 2.35. The van der Waals surface area contributed by atoms with E-state index in [1.165, 1.54) is 4.57 Å². The first-order valence-corrected chi connectivity index (χ1v) is 10.2. The number of carbonyl (C=O) groups is 2. The van der Waals surface area contributed by atoms with E-state index in [1.807, 2.05) is 12.1 Å². The Hall–Kier alpha value is -2.48. The SMILES string of the molecule is Cn1c(=O)n(C)c2cc(/C=C3/SC(=O)N(Cc4c(Cl)cccc4Cl)C3=O)ccc21. The molecule has 0 aliphatic carbocycles. The van der Waals surface area contributed by atoms with Gasteiger partial charge in [0.05, 0.1) is 22.5 Å². The molecular weight excluding hydrogens is 433 g/mol. The van der Waals surface area contributed by atoms with Crippen molar-refractivity contribution in [2.45, 2.75) is 6.54 Å². The number of nitrogens with zero attached hydrogens (tertiary/aromatic N) is 3. The minimum Gasteiger partial charge on any atom is -0.295 e. The summed E-state index contributed by atoms with van der Waals surface area (Å²) in [4.78, 5) is 38.7. The molecule has 4 rings (SSSR count). The average molecular weight is 448 g/mol. The van der Waals surface area contributed by atoms with E-state index in [0.29, 0.717) is 20.5 Å². The second-order valence-corrected chi connectivity index (χ2v) is 8.42. The number of fused-ring (bicyclic) bond motifs is 1. The Morgan fingerprint density at radius 3 is 2.31 bits per heavy atom. The van der Waals surface area contributed by atoms with E-state index in [2.05, 4.69) is 0 Å². The summed E-state index contributed by atoms with van der Waals surface area (Å²) in [6.07, 6.45) is 1.65. The molecule has 9 heteroatoms. The van der Waals surface area contributed by atoms with Crippen LogP contribution in [0.2, 0.25) is 10.0 Å². The van der Waals surface area contributed by atoms with Gasteiger partial charge in [-0.15, -0.1) is 0 Å². The molecule has 1 fully saturated rings. The Morgan fingerprint density at radius 2 is 1.62 bits per heavy atom. The maximum absolute atomic E-state index is 12.8. The second kappa shape index (κ2) is 7.40. The number of imide groups is 1. The minimum atomic E-state index is -0.405. The quantitative estimate of drug-likeness (QED) is 0.557. The molecule has 2 aromatic carbocycles. The highest BCUT2D eigenvalue weighted by Crippen LogP contribution is 2.35. The Kier molecular flexibility index (Phi) is 5.06. The number of thioether (sulfide) groups is 1. The second-order valence-electron chi connectivity index (χ2n) is 6.62. The summed E-state index contributed by atoms with van der Waals surface area (Å²) >= 11 is 13.2. The molecule has 0 unspecified atom stereocenters. The largest absolute Gasteiger partial charge is 0.328 e. The number of hydrogen-bond donors (Lipinski definition) is 0. The van der Waals surface area contributed by atoms with E-state index in [-0.39, 0.29) is 17.5 Å². The number of amides is 2. The Balaban J connectivity index is 1.66. The van der Waals surface area contributed by atoms with Gasteiger partial charge in [0.15, 0.2) is 0 Å². The van der Waals surface area contributed by atoms with Crippen molar-refractivity contribution in [1.29, 1.82) is 0 Å². The molecule has 1 aliphatic heterocycles. The van der Waals surface area contributed by atoms with Crippen LogP contribution in [0.4, 0.5) is 4.79 Å². The van der Waals surface area contributed by atoms with Gasteiger partial charge in [0.1, 0.15) is 0 Å². The smallest absolute Gasteiger partial charge is 0.295 e. The van der Waals surface area contributed by atoms with E-state index in [4.69, 9.17) is 23.2 Å². The molecule has 1 aromatic heterocycles. The zero-order valence-electron chi connectivity index (χ0n) is 15.5. The number of aromatic nitrogens is 2. The van der Waals surface area contributed by atoms with Crippen LogP contribution in [0.15, 0.2) is 46.1 Å². The molecule has 2 amide bonds. The maximum atomic E-state index is 12.8. The molecule has 29 heavy (non-hydrogen) atoms. The summed E-state index contributed by atoms with van der Waals surface area (Å²) in [5.74, 6) is -0.405. The maximum Gasteiger partial charge on any atom is 0.328 e. The zero-order chi connectivity index (χ0) is 20.9. The standard InChI is InChI=1S/C20H15Cl2N3O3S/c1-23-15-7-6-11(8-16(15)24(2)19(23)27)9-17-18(26)25(20(28)29-17)10-12-13(21)4-3-5-14(12)22/h3-9H,10H2,1-2H3/b17-9+. The summed E-state index contributed by atoms with van der Waals surface area (Å²) in [5, 5.41) is 0.414. The van der Waals surface area contributed by atoms with Gasteiger partial charge < -0.3 is 0 Å². The monoisotopic (exact) mass is 447 g/mol. The molecule has 3 aromatic rings. The van der Waals surface area contributed by atoms with Crippen molar-refractivity contribution < 1.29 is 9.59 Å². The summed E-state index contributed by atoms with van der Waals surface area (Å²) in [6, 6.07) is 10.5. The summed E-state index contributed by atoms with van der Waals surface area (Å²) in [7, 11) is 3.39. The zero-order valence-corrected chi connectivity index (χ0v) is 17.8. The molecule has 0 radical (unpaired) electrons. The molecule has 2 heterocycles. The van der Waals surface area contributed by atoms with Crippen LogP contribution < -0.4 is 5.69 Å². The van der Waals surface area contributed by atoms with Crippen LogP contribution in [0.3, 0.4) is 0 Å². The minimum absolute atomic E-state index is 0.00668.